The van der Waals surface area contributed by atoms with Gasteiger partial charge < -0.3 is 24.5 Å². The summed E-state index contributed by atoms with van der Waals surface area (Å²) in [6.07, 6.45) is 0.0863. The molecule has 0 aromatic heterocycles. The number of hydrogen-bond donors (Lipinski definition) is 1. The molecule has 2 rings (SSSR count). The van der Waals surface area contributed by atoms with Gasteiger partial charge in [0.1, 0.15) is 12.3 Å². The summed E-state index contributed by atoms with van der Waals surface area (Å²) in [5.41, 5.74) is 0.698. The lowest BCUT2D eigenvalue weighted by Crippen LogP contribution is -2.43. The number of carboxylic acids is 1. The molecule has 1 aromatic carbocycles. The molecule has 142 valence electrons. The van der Waals surface area contributed by atoms with Gasteiger partial charge in [-0.15, -0.1) is 0 Å². The second-order valence-electron chi connectivity index (χ2n) is 6.56. The maximum atomic E-state index is 12.8. The van der Waals surface area contributed by atoms with E-state index in [-0.39, 0.29) is 31.3 Å². The minimum atomic E-state index is -1.06. The molecule has 1 atom stereocenters. The molecular weight excluding hydrogens is 338 g/mol. The van der Waals surface area contributed by atoms with Crippen LogP contribution in [-0.2, 0) is 14.4 Å². The third kappa shape index (κ3) is 4.95. The summed E-state index contributed by atoms with van der Waals surface area (Å²) in [6, 6.07) is 7.05. The Hall–Kier alpha value is -2.61. The average molecular weight is 363 g/mol. The van der Waals surface area contributed by atoms with Crippen molar-refractivity contribution in [2.75, 3.05) is 52.3 Å². The fraction of sp³-hybridized carbons (Fsp3) is 0.500. The highest BCUT2D eigenvalue weighted by Gasteiger charge is 2.37. The Balaban J connectivity index is 2.08. The highest BCUT2D eigenvalue weighted by molar-refractivity contribution is 6.00. The number of carbonyl (C=O) groups excluding carboxylic acids is 2. The van der Waals surface area contributed by atoms with Gasteiger partial charge in [0, 0.05) is 31.7 Å². The number of methoxy groups -OCH3 is 1. The van der Waals surface area contributed by atoms with E-state index in [2.05, 4.69) is 0 Å². The van der Waals surface area contributed by atoms with Gasteiger partial charge in [0.2, 0.25) is 11.8 Å². The van der Waals surface area contributed by atoms with Crippen LogP contribution in [0.1, 0.15) is 6.42 Å². The summed E-state index contributed by atoms with van der Waals surface area (Å²) in [5, 5.41) is 9.08. The summed E-state index contributed by atoms with van der Waals surface area (Å²) in [4.78, 5) is 41.0. The molecule has 8 nitrogen and oxygen atoms in total. The maximum Gasteiger partial charge on any atom is 0.323 e. The van der Waals surface area contributed by atoms with E-state index in [1.54, 1.807) is 36.3 Å². The Morgan fingerprint density at radius 2 is 1.88 bits per heavy atom. The number of amides is 2. The molecule has 0 bridgehead atoms. The molecule has 0 radical (unpaired) electrons. The van der Waals surface area contributed by atoms with Gasteiger partial charge in [-0.2, -0.15) is 0 Å². The topological polar surface area (TPSA) is 90.4 Å². The van der Waals surface area contributed by atoms with Crippen molar-refractivity contribution in [2.45, 2.75) is 6.42 Å². The minimum Gasteiger partial charge on any atom is -0.497 e. The van der Waals surface area contributed by atoms with Crippen LogP contribution in [-0.4, -0.2) is 80.1 Å². The van der Waals surface area contributed by atoms with Crippen LogP contribution in [0.15, 0.2) is 24.3 Å². The molecular formula is C18H25N3O5. The molecule has 26 heavy (non-hydrogen) atoms. The van der Waals surface area contributed by atoms with E-state index in [0.29, 0.717) is 24.5 Å². The second kappa shape index (κ2) is 8.66. The zero-order valence-electron chi connectivity index (χ0n) is 15.3. The number of anilines is 1. The molecule has 0 spiro atoms. The van der Waals surface area contributed by atoms with Crippen LogP contribution < -0.4 is 9.64 Å². The Kier molecular flexibility index (Phi) is 6.57. The zero-order chi connectivity index (χ0) is 19.3. The lowest BCUT2D eigenvalue weighted by Gasteiger charge is -2.25. The first kappa shape index (κ1) is 19.7. The summed E-state index contributed by atoms with van der Waals surface area (Å²) >= 11 is 0. The number of rotatable bonds is 8. The number of ether oxygens (including phenoxy) is 1. The van der Waals surface area contributed by atoms with Gasteiger partial charge in [0.05, 0.1) is 13.0 Å². The Bertz CT molecular complexity index is 659. The molecule has 1 heterocycles. The molecule has 1 saturated heterocycles. The summed E-state index contributed by atoms with van der Waals surface area (Å²) in [7, 11) is 5.28. The van der Waals surface area contributed by atoms with E-state index in [1.165, 1.54) is 4.90 Å². The van der Waals surface area contributed by atoms with Crippen LogP contribution in [0.2, 0.25) is 0 Å². The molecule has 2 amide bonds. The molecule has 8 heteroatoms. The van der Waals surface area contributed by atoms with Crippen LogP contribution in [0, 0.1) is 5.92 Å². The summed E-state index contributed by atoms with van der Waals surface area (Å²) in [5.74, 6) is -1.35. The van der Waals surface area contributed by atoms with E-state index < -0.39 is 11.9 Å². The zero-order valence-corrected chi connectivity index (χ0v) is 15.3. The fourth-order valence-electron chi connectivity index (χ4n) is 2.89. The van der Waals surface area contributed by atoms with Gasteiger partial charge >= 0.3 is 5.97 Å². The van der Waals surface area contributed by atoms with Crippen molar-refractivity contribution in [3.05, 3.63) is 24.3 Å². The number of likely N-dealkylation sites (N-methyl/N-ethyl adjacent to an activating group) is 1. The number of carbonyl (C=O) groups is 3. The van der Waals surface area contributed by atoms with E-state index in [1.807, 2.05) is 19.0 Å². The van der Waals surface area contributed by atoms with Crippen LogP contribution in [0.3, 0.4) is 0 Å². The third-order valence-corrected chi connectivity index (χ3v) is 4.31. The van der Waals surface area contributed by atoms with Crippen molar-refractivity contribution < 1.29 is 24.2 Å². The summed E-state index contributed by atoms with van der Waals surface area (Å²) < 4.78 is 5.11. The average Bonchev–Trinajstić information content (AvgIpc) is 2.99. The van der Waals surface area contributed by atoms with Crippen LogP contribution in [0.4, 0.5) is 5.69 Å². The molecule has 1 fully saturated rings. The third-order valence-electron chi connectivity index (χ3n) is 4.31. The molecule has 1 aromatic rings. The van der Waals surface area contributed by atoms with Crippen LogP contribution in [0.5, 0.6) is 5.75 Å². The lowest BCUT2D eigenvalue weighted by molar-refractivity contribution is -0.146. The van der Waals surface area contributed by atoms with E-state index in [9.17, 15) is 14.4 Å². The van der Waals surface area contributed by atoms with Crippen LogP contribution >= 0.6 is 0 Å². The minimum absolute atomic E-state index is 0.0863. The molecule has 0 saturated carbocycles. The van der Waals surface area contributed by atoms with Crippen molar-refractivity contribution in [3.63, 3.8) is 0 Å². The van der Waals surface area contributed by atoms with Gasteiger partial charge in [-0.05, 0) is 38.4 Å². The highest BCUT2D eigenvalue weighted by atomic mass is 16.5. The molecule has 1 aliphatic rings. The Morgan fingerprint density at radius 3 is 2.42 bits per heavy atom. The van der Waals surface area contributed by atoms with Gasteiger partial charge in [-0.3, -0.25) is 14.4 Å². The monoisotopic (exact) mass is 363 g/mol. The van der Waals surface area contributed by atoms with E-state index >= 15 is 0 Å². The maximum absolute atomic E-state index is 12.8. The number of carboxylic acid groups (broad SMARTS) is 1. The first-order chi connectivity index (χ1) is 12.3. The van der Waals surface area contributed by atoms with Crippen molar-refractivity contribution in [3.8, 4) is 5.75 Å². The molecule has 1 N–H and O–H groups in total. The van der Waals surface area contributed by atoms with Gasteiger partial charge in [-0.1, -0.05) is 0 Å². The van der Waals surface area contributed by atoms with Crippen molar-refractivity contribution in [1.29, 1.82) is 0 Å². The van der Waals surface area contributed by atoms with E-state index in [0.717, 1.165) is 0 Å². The second-order valence-corrected chi connectivity index (χ2v) is 6.56. The van der Waals surface area contributed by atoms with Crippen LogP contribution in [0.25, 0.3) is 0 Å². The molecule has 0 unspecified atom stereocenters. The lowest BCUT2D eigenvalue weighted by atomic mass is 10.1. The van der Waals surface area contributed by atoms with Crippen molar-refractivity contribution >= 4 is 23.5 Å². The predicted molar refractivity (Wildman–Crippen MR) is 96.2 cm³/mol. The van der Waals surface area contributed by atoms with Gasteiger partial charge in [0.25, 0.3) is 0 Å². The van der Waals surface area contributed by atoms with Gasteiger partial charge in [-0.25, -0.2) is 0 Å². The van der Waals surface area contributed by atoms with Gasteiger partial charge in [0.15, 0.2) is 0 Å². The quantitative estimate of drug-likeness (QED) is 0.724. The van der Waals surface area contributed by atoms with Crippen molar-refractivity contribution in [1.82, 2.24) is 9.80 Å². The largest absolute Gasteiger partial charge is 0.497 e. The number of aliphatic carboxylic acids is 1. The Labute approximate surface area is 152 Å². The highest BCUT2D eigenvalue weighted by Crippen LogP contribution is 2.27. The van der Waals surface area contributed by atoms with Crippen molar-refractivity contribution in [2.24, 2.45) is 5.92 Å². The first-order valence-corrected chi connectivity index (χ1v) is 8.41. The SMILES string of the molecule is COc1ccc(N2C[C@@H](C(=O)N(CCN(C)C)CC(=O)O)CC2=O)cc1. The first-order valence-electron chi connectivity index (χ1n) is 8.41. The normalized spacial score (nSPS) is 16.8. The predicted octanol–water partition coefficient (Wildman–Crippen LogP) is 0.523. The number of hydrogen-bond acceptors (Lipinski definition) is 5. The number of nitrogens with zero attached hydrogens (tertiary/aromatic N) is 3. The van der Waals surface area contributed by atoms with E-state index in [4.69, 9.17) is 9.84 Å². The smallest absolute Gasteiger partial charge is 0.323 e. The molecule has 0 aliphatic carbocycles. The molecule has 1 aliphatic heterocycles. The fourth-order valence-corrected chi connectivity index (χ4v) is 2.89. The Morgan fingerprint density at radius 1 is 1.23 bits per heavy atom. The standard InChI is InChI=1S/C18H25N3O5/c1-19(2)8-9-20(12-17(23)24)18(25)13-10-16(22)21(11-13)14-4-6-15(26-3)7-5-14/h4-7,13H,8-12H2,1-3H3,(H,23,24)/t13-/m0/s1. The summed E-state index contributed by atoms with van der Waals surface area (Å²) in [6.45, 7) is 0.759. The number of benzene rings is 1.